The fraction of sp³-hybridized carbons (Fsp3) is 0.778. The van der Waals surface area contributed by atoms with Crippen LogP contribution in [-0.2, 0) is 6.54 Å². The van der Waals surface area contributed by atoms with E-state index in [1.165, 1.54) is 0 Å². The molecule has 0 fully saturated rings. The lowest BCUT2D eigenvalue weighted by atomic mass is 10.5. The average molecular weight is 198 g/mol. The van der Waals surface area contributed by atoms with Gasteiger partial charge in [0.25, 0.3) is 0 Å². The summed E-state index contributed by atoms with van der Waals surface area (Å²) >= 11 is 0. The fourth-order valence-electron chi connectivity index (χ4n) is 1.00. The third kappa shape index (κ3) is 3.74. The molecule has 5 heteroatoms. The Bertz CT molecular complexity index is 249. The average Bonchev–Trinajstić information content (AvgIpc) is 2.63. The molecule has 0 aliphatic carbocycles. The minimum atomic E-state index is 0.514. The molecular formula is C9H18N4O. The third-order valence-electron chi connectivity index (χ3n) is 1.70. The smallest absolute Gasteiger partial charge is 0.315 e. The second-order valence-corrected chi connectivity index (χ2v) is 3.10. The van der Waals surface area contributed by atoms with Crippen molar-refractivity contribution in [2.45, 2.75) is 33.2 Å². The van der Waals surface area contributed by atoms with Crippen LogP contribution in [0.5, 0.6) is 0 Å². The molecule has 0 unspecified atom stereocenters. The monoisotopic (exact) mass is 198 g/mol. The van der Waals surface area contributed by atoms with Crippen molar-refractivity contribution in [2.24, 2.45) is 0 Å². The number of hydrogen-bond donors (Lipinski definition) is 2. The Morgan fingerprint density at radius 3 is 2.64 bits per heavy atom. The predicted octanol–water partition coefficient (Wildman–Crippen LogP) is 1.39. The van der Waals surface area contributed by atoms with E-state index >= 15 is 0 Å². The molecule has 0 bridgehead atoms. The molecule has 0 aromatic carbocycles. The zero-order chi connectivity index (χ0) is 10.2. The Hall–Kier alpha value is -1.10. The van der Waals surface area contributed by atoms with Crippen LogP contribution in [0.1, 0.15) is 32.6 Å². The van der Waals surface area contributed by atoms with Crippen molar-refractivity contribution in [3.05, 3.63) is 5.89 Å². The van der Waals surface area contributed by atoms with Crippen molar-refractivity contribution < 1.29 is 4.42 Å². The highest BCUT2D eigenvalue weighted by Crippen LogP contribution is 2.04. The number of hydrogen-bond acceptors (Lipinski definition) is 5. The van der Waals surface area contributed by atoms with Gasteiger partial charge in [0.15, 0.2) is 0 Å². The van der Waals surface area contributed by atoms with Crippen molar-refractivity contribution >= 4 is 6.01 Å². The molecular weight excluding hydrogens is 180 g/mol. The molecule has 0 aliphatic heterocycles. The number of aromatic nitrogens is 2. The summed E-state index contributed by atoms with van der Waals surface area (Å²) in [6, 6.07) is 0.514. The first-order valence-electron chi connectivity index (χ1n) is 5.13. The van der Waals surface area contributed by atoms with Gasteiger partial charge in [0.1, 0.15) is 0 Å². The lowest BCUT2D eigenvalue weighted by Crippen LogP contribution is -2.13. The normalized spacial score (nSPS) is 10.4. The maximum absolute atomic E-state index is 5.34. The van der Waals surface area contributed by atoms with Crippen LogP contribution in [0.25, 0.3) is 0 Å². The van der Waals surface area contributed by atoms with Crippen LogP contribution in [0.15, 0.2) is 4.42 Å². The Morgan fingerprint density at radius 1 is 1.14 bits per heavy atom. The number of anilines is 1. The number of nitrogens with zero attached hydrogens (tertiary/aromatic N) is 2. The highest BCUT2D eigenvalue weighted by Gasteiger charge is 2.03. The summed E-state index contributed by atoms with van der Waals surface area (Å²) in [5.41, 5.74) is 0. The van der Waals surface area contributed by atoms with Gasteiger partial charge in [-0.25, -0.2) is 0 Å². The van der Waals surface area contributed by atoms with E-state index in [1.807, 2.05) is 0 Å². The minimum Gasteiger partial charge on any atom is -0.407 e. The van der Waals surface area contributed by atoms with Gasteiger partial charge in [-0.3, -0.25) is 0 Å². The zero-order valence-electron chi connectivity index (χ0n) is 8.84. The molecule has 0 amide bonds. The number of rotatable bonds is 7. The van der Waals surface area contributed by atoms with E-state index in [4.69, 9.17) is 4.42 Å². The molecule has 1 aromatic rings. The number of nitrogens with one attached hydrogen (secondary N) is 2. The van der Waals surface area contributed by atoms with Crippen molar-refractivity contribution in [1.82, 2.24) is 15.5 Å². The van der Waals surface area contributed by atoms with E-state index in [9.17, 15) is 0 Å². The summed E-state index contributed by atoms with van der Waals surface area (Å²) in [6.45, 7) is 6.70. The van der Waals surface area contributed by atoms with Gasteiger partial charge >= 0.3 is 6.01 Å². The van der Waals surface area contributed by atoms with Crippen LogP contribution in [0.2, 0.25) is 0 Å². The SMILES string of the molecule is CCCNCc1nnc(NCCC)o1. The van der Waals surface area contributed by atoms with Gasteiger partial charge in [0.2, 0.25) is 5.89 Å². The van der Waals surface area contributed by atoms with E-state index in [2.05, 4.69) is 34.7 Å². The summed E-state index contributed by atoms with van der Waals surface area (Å²) in [6.07, 6.45) is 2.15. The van der Waals surface area contributed by atoms with Gasteiger partial charge in [-0.2, -0.15) is 0 Å². The molecule has 80 valence electrons. The maximum atomic E-state index is 5.34. The molecule has 0 saturated carbocycles. The van der Waals surface area contributed by atoms with Crippen LogP contribution >= 0.6 is 0 Å². The van der Waals surface area contributed by atoms with Crippen LogP contribution in [0, 0.1) is 0 Å². The second-order valence-electron chi connectivity index (χ2n) is 3.10. The molecule has 0 saturated heterocycles. The van der Waals surface area contributed by atoms with Crippen molar-refractivity contribution in [2.75, 3.05) is 18.4 Å². The van der Waals surface area contributed by atoms with Gasteiger partial charge in [-0.1, -0.05) is 18.9 Å². The van der Waals surface area contributed by atoms with E-state index in [-0.39, 0.29) is 0 Å². The Morgan fingerprint density at radius 2 is 1.93 bits per heavy atom. The Labute approximate surface area is 84.3 Å². The van der Waals surface area contributed by atoms with Crippen LogP contribution in [-0.4, -0.2) is 23.3 Å². The van der Waals surface area contributed by atoms with Crippen LogP contribution < -0.4 is 10.6 Å². The van der Waals surface area contributed by atoms with E-state index < -0.39 is 0 Å². The van der Waals surface area contributed by atoms with E-state index in [0.717, 1.165) is 25.9 Å². The molecule has 0 atom stereocenters. The molecule has 1 aromatic heterocycles. The van der Waals surface area contributed by atoms with Gasteiger partial charge in [0.05, 0.1) is 6.54 Å². The zero-order valence-corrected chi connectivity index (χ0v) is 8.84. The van der Waals surface area contributed by atoms with E-state index in [0.29, 0.717) is 18.5 Å². The lowest BCUT2D eigenvalue weighted by Gasteiger charge is -1.97. The van der Waals surface area contributed by atoms with Gasteiger partial charge in [-0.15, -0.1) is 5.10 Å². The van der Waals surface area contributed by atoms with E-state index in [1.54, 1.807) is 0 Å². The molecule has 5 nitrogen and oxygen atoms in total. The summed E-state index contributed by atoms with van der Waals surface area (Å²) in [4.78, 5) is 0. The summed E-state index contributed by atoms with van der Waals surface area (Å²) in [5, 5.41) is 14.0. The Kier molecular flexibility index (Phi) is 4.99. The van der Waals surface area contributed by atoms with Gasteiger partial charge < -0.3 is 15.1 Å². The molecule has 2 N–H and O–H groups in total. The lowest BCUT2D eigenvalue weighted by molar-refractivity contribution is 0.477. The van der Waals surface area contributed by atoms with Gasteiger partial charge in [0, 0.05) is 6.54 Å². The topological polar surface area (TPSA) is 63.0 Å². The molecule has 1 rings (SSSR count). The highest BCUT2D eigenvalue weighted by atomic mass is 16.4. The molecule has 0 radical (unpaired) electrons. The molecule has 14 heavy (non-hydrogen) atoms. The summed E-state index contributed by atoms with van der Waals surface area (Å²) < 4.78 is 5.34. The van der Waals surface area contributed by atoms with Crippen molar-refractivity contribution in [3.8, 4) is 0 Å². The summed E-state index contributed by atoms with van der Waals surface area (Å²) in [7, 11) is 0. The van der Waals surface area contributed by atoms with Crippen LogP contribution in [0.3, 0.4) is 0 Å². The van der Waals surface area contributed by atoms with Crippen LogP contribution in [0.4, 0.5) is 6.01 Å². The molecule has 0 spiro atoms. The standard InChI is InChI=1S/C9H18N4O/c1-3-5-10-7-8-12-13-9(14-8)11-6-4-2/h10H,3-7H2,1-2H3,(H,11,13). The molecule has 0 aliphatic rings. The first kappa shape index (κ1) is 11.0. The fourth-order valence-corrected chi connectivity index (χ4v) is 1.00. The predicted molar refractivity (Wildman–Crippen MR) is 55.1 cm³/mol. The minimum absolute atomic E-state index is 0.514. The first-order chi connectivity index (χ1) is 6.86. The quantitative estimate of drug-likeness (QED) is 0.648. The summed E-state index contributed by atoms with van der Waals surface area (Å²) in [5.74, 6) is 0.636. The van der Waals surface area contributed by atoms with Gasteiger partial charge in [-0.05, 0) is 19.4 Å². The second kappa shape index (κ2) is 6.37. The first-order valence-corrected chi connectivity index (χ1v) is 5.13. The largest absolute Gasteiger partial charge is 0.407 e. The van der Waals surface area contributed by atoms with Crippen molar-refractivity contribution in [1.29, 1.82) is 0 Å². The third-order valence-corrected chi connectivity index (χ3v) is 1.70. The highest BCUT2D eigenvalue weighted by molar-refractivity contribution is 5.16. The maximum Gasteiger partial charge on any atom is 0.315 e. The van der Waals surface area contributed by atoms with Crippen molar-refractivity contribution in [3.63, 3.8) is 0 Å². The Balaban J connectivity index is 2.27. The molecule has 1 heterocycles.